The van der Waals surface area contributed by atoms with E-state index in [4.69, 9.17) is 24.5 Å². The standard InChI is InChI=1S/C22H27NO.C2H2O4/c1-23(16-18-12-13-18)15-7-14-22(19-8-3-2-4-9-19)17-24-21-11-6-5-10-20(21)22;3-1(4)2(5)6/h2-6,8-11,18H,7,12-17H2,1H3;(H,3,4)(H,5,6). The van der Waals surface area contributed by atoms with Gasteiger partial charge in [0.1, 0.15) is 12.4 Å². The van der Waals surface area contributed by atoms with Crippen LogP contribution < -0.4 is 4.74 Å². The second kappa shape index (κ2) is 9.76. The van der Waals surface area contributed by atoms with Gasteiger partial charge in [0.2, 0.25) is 0 Å². The Hall–Kier alpha value is -2.86. The van der Waals surface area contributed by atoms with Gasteiger partial charge < -0.3 is 19.8 Å². The number of aliphatic carboxylic acids is 2. The van der Waals surface area contributed by atoms with Crippen molar-refractivity contribution in [3.05, 3.63) is 65.7 Å². The first-order valence-corrected chi connectivity index (χ1v) is 10.3. The molecule has 1 aliphatic carbocycles. The van der Waals surface area contributed by atoms with Gasteiger partial charge >= 0.3 is 11.9 Å². The number of para-hydroxylation sites is 1. The highest BCUT2D eigenvalue weighted by atomic mass is 16.5. The Bertz CT molecular complexity index is 853. The molecular weight excluding hydrogens is 382 g/mol. The minimum atomic E-state index is -1.82. The van der Waals surface area contributed by atoms with Crippen molar-refractivity contribution in [1.82, 2.24) is 4.90 Å². The summed E-state index contributed by atoms with van der Waals surface area (Å²) in [5.74, 6) is -1.62. The maximum absolute atomic E-state index is 9.10. The number of hydrogen-bond acceptors (Lipinski definition) is 4. The van der Waals surface area contributed by atoms with Crippen LogP contribution in [-0.2, 0) is 15.0 Å². The van der Waals surface area contributed by atoms with Crippen molar-refractivity contribution < 1.29 is 24.5 Å². The Morgan fingerprint density at radius 1 is 1.03 bits per heavy atom. The molecule has 0 saturated heterocycles. The number of carboxylic acids is 2. The monoisotopic (exact) mass is 411 g/mol. The van der Waals surface area contributed by atoms with Crippen molar-refractivity contribution in [1.29, 1.82) is 0 Å². The molecule has 1 unspecified atom stereocenters. The molecule has 1 atom stereocenters. The molecule has 160 valence electrons. The number of hydrogen-bond donors (Lipinski definition) is 2. The Morgan fingerprint density at radius 2 is 1.67 bits per heavy atom. The number of rotatable bonds is 7. The summed E-state index contributed by atoms with van der Waals surface area (Å²) in [4.78, 5) is 20.7. The topological polar surface area (TPSA) is 87.1 Å². The predicted molar refractivity (Wildman–Crippen MR) is 114 cm³/mol. The number of benzene rings is 2. The smallest absolute Gasteiger partial charge is 0.414 e. The molecule has 1 aliphatic heterocycles. The molecule has 2 N–H and O–H groups in total. The van der Waals surface area contributed by atoms with Gasteiger partial charge in [0.25, 0.3) is 0 Å². The minimum Gasteiger partial charge on any atom is -0.492 e. The largest absolute Gasteiger partial charge is 0.492 e. The quantitative estimate of drug-likeness (QED) is 0.677. The Balaban J connectivity index is 0.000000377. The van der Waals surface area contributed by atoms with Gasteiger partial charge in [-0.2, -0.15) is 0 Å². The van der Waals surface area contributed by atoms with Crippen LogP contribution in [0.1, 0.15) is 36.8 Å². The molecule has 2 aromatic rings. The summed E-state index contributed by atoms with van der Waals surface area (Å²) in [6.07, 6.45) is 5.21. The number of ether oxygens (including phenoxy) is 1. The minimum absolute atomic E-state index is 0.0122. The molecule has 0 radical (unpaired) electrons. The molecule has 1 fully saturated rings. The highest BCUT2D eigenvalue weighted by Gasteiger charge is 2.41. The summed E-state index contributed by atoms with van der Waals surface area (Å²) in [5.41, 5.74) is 2.76. The fourth-order valence-electron chi connectivity index (χ4n) is 4.10. The first-order chi connectivity index (χ1) is 14.4. The van der Waals surface area contributed by atoms with Crippen LogP contribution in [0.3, 0.4) is 0 Å². The van der Waals surface area contributed by atoms with E-state index in [0.717, 1.165) is 24.7 Å². The Kier molecular flexibility index (Phi) is 7.11. The molecule has 0 aromatic heterocycles. The normalized spacial score (nSPS) is 19.4. The first kappa shape index (κ1) is 21.8. The van der Waals surface area contributed by atoms with Gasteiger partial charge in [-0.25, -0.2) is 9.59 Å². The highest BCUT2D eigenvalue weighted by Crippen LogP contribution is 2.46. The number of nitrogens with zero attached hydrogens (tertiary/aromatic N) is 1. The lowest BCUT2D eigenvalue weighted by Crippen LogP contribution is -2.31. The van der Waals surface area contributed by atoms with E-state index in [1.165, 1.54) is 43.5 Å². The van der Waals surface area contributed by atoms with Crippen LogP contribution in [0.4, 0.5) is 0 Å². The van der Waals surface area contributed by atoms with Crippen molar-refractivity contribution in [2.45, 2.75) is 31.1 Å². The lowest BCUT2D eigenvalue weighted by Gasteiger charge is -2.30. The van der Waals surface area contributed by atoms with Crippen LogP contribution in [0, 0.1) is 5.92 Å². The van der Waals surface area contributed by atoms with Crippen LogP contribution in [0.5, 0.6) is 5.75 Å². The maximum atomic E-state index is 9.10. The second-order valence-corrected chi connectivity index (χ2v) is 8.15. The predicted octanol–water partition coefficient (Wildman–Crippen LogP) is 3.64. The molecule has 6 heteroatoms. The van der Waals surface area contributed by atoms with Crippen LogP contribution in [0.15, 0.2) is 54.6 Å². The number of carboxylic acid groups (broad SMARTS) is 2. The van der Waals surface area contributed by atoms with E-state index in [1.54, 1.807) is 0 Å². The molecule has 0 amide bonds. The van der Waals surface area contributed by atoms with Gasteiger partial charge in [-0.05, 0) is 56.8 Å². The zero-order valence-electron chi connectivity index (χ0n) is 17.3. The van der Waals surface area contributed by atoms with Gasteiger partial charge in [-0.3, -0.25) is 0 Å². The van der Waals surface area contributed by atoms with Crippen LogP contribution in [-0.4, -0.2) is 53.8 Å². The van der Waals surface area contributed by atoms with Crippen LogP contribution in [0.25, 0.3) is 0 Å². The molecule has 1 saturated carbocycles. The third-order valence-corrected chi connectivity index (χ3v) is 5.80. The Morgan fingerprint density at radius 3 is 2.30 bits per heavy atom. The van der Waals surface area contributed by atoms with Crippen LogP contribution >= 0.6 is 0 Å². The highest BCUT2D eigenvalue weighted by molar-refractivity contribution is 6.27. The second-order valence-electron chi connectivity index (χ2n) is 8.15. The first-order valence-electron chi connectivity index (χ1n) is 10.3. The molecular formula is C24H29NO5. The lowest BCUT2D eigenvalue weighted by atomic mass is 9.73. The average Bonchev–Trinajstić information content (AvgIpc) is 3.48. The zero-order valence-corrected chi connectivity index (χ0v) is 17.3. The van der Waals surface area contributed by atoms with Gasteiger partial charge in [0.15, 0.2) is 0 Å². The molecule has 2 aromatic carbocycles. The third kappa shape index (κ3) is 5.39. The fourth-order valence-corrected chi connectivity index (χ4v) is 4.10. The van der Waals surface area contributed by atoms with Crippen molar-refractivity contribution in [3.63, 3.8) is 0 Å². The molecule has 1 heterocycles. The molecule has 30 heavy (non-hydrogen) atoms. The summed E-state index contributed by atoms with van der Waals surface area (Å²) in [6.45, 7) is 3.21. The molecule has 4 rings (SSSR count). The molecule has 0 spiro atoms. The zero-order chi connectivity index (χ0) is 21.6. The molecule has 6 nitrogen and oxygen atoms in total. The summed E-state index contributed by atoms with van der Waals surface area (Å²) >= 11 is 0. The van der Waals surface area contributed by atoms with Gasteiger partial charge in [-0.1, -0.05) is 48.5 Å². The number of fused-ring (bicyclic) bond motifs is 1. The van der Waals surface area contributed by atoms with Crippen molar-refractivity contribution in [2.24, 2.45) is 5.92 Å². The van der Waals surface area contributed by atoms with Gasteiger partial charge in [0, 0.05) is 12.1 Å². The van der Waals surface area contributed by atoms with Crippen molar-refractivity contribution in [2.75, 3.05) is 26.7 Å². The van der Waals surface area contributed by atoms with Gasteiger partial charge in [0.05, 0.1) is 5.41 Å². The molecule has 0 bridgehead atoms. The van der Waals surface area contributed by atoms with E-state index in [0.29, 0.717) is 0 Å². The van der Waals surface area contributed by atoms with Gasteiger partial charge in [-0.15, -0.1) is 0 Å². The van der Waals surface area contributed by atoms with E-state index in [1.807, 2.05) is 0 Å². The van der Waals surface area contributed by atoms with E-state index >= 15 is 0 Å². The van der Waals surface area contributed by atoms with E-state index in [-0.39, 0.29) is 5.41 Å². The lowest BCUT2D eigenvalue weighted by molar-refractivity contribution is -0.159. The van der Waals surface area contributed by atoms with Crippen LogP contribution in [0.2, 0.25) is 0 Å². The average molecular weight is 411 g/mol. The number of carbonyl (C=O) groups is 2. The summed E-state index contributed by atoms with van der Waals surface area (Å²) in [7, 11) is 2.27. The van der Waals surface area contributed by atoms with E-state index < -0.39 is 11.9 Å². The van der Waals surface area contributed by atoms with Crippen molar-refractivity contribution in [3.8, 4) is 5.75 Å². The summed E-state index contributed by atoms with van der Waals surface area (Å²) in [6, 6.07) is 19.5. The van der Waals surface area contributed by atoms with Crippen molar-refractivity contribution >= 4 is 11.9 Å². The van der Waals surface area contributed by atoms with E-state index in [2.05, 4.69) is 66.5 Å². The third-order valence-electron chi connectivity index (χ3n) is 5.80. The summed E-state index contributed by atoms with van der Waals surface area (Å²) < 4.78 is 6.09. The summed E-state index contributed by atoms with van der Waals surface area (Å²) in [5, 5.41) is 14.8. The Labute approximate surface area is 177 Å². The fraction of sp³-hybridized carbons (Fsp3) is 0.417. The maximum Gasteiger partial charge on any atom is 0.414 e. The molecule has 2 aliphatic rings. The SMILES string of the molecule is CN(CCCC1(c2ccccc2)COc2ccccc21)CC1CC1.O=C(O)C(=O)O. The van der Waals surface area contributed by atoms with E-state index in [9.17, 15) is 0 Å².